The number of aldehydes is 1. The summed E-state index contributed by atoms with van der Waals surface area (Å²) in [5.41, 5.74) is 0.310. The first-order valence-electron chi connectivity index (χ1n) is 4.21. The van der Waals surface area contributed by atoms with Crippen LogP contribution in [0.2, 0.25) is 0 Å². The zero-order valence-corrected chi connectivity index (χ0v) is 8.52. The fourth-order valence-corrected chi connectivity index (χ4v) is 1.19. The zero-order chi connectivity index (χ0) is 11.3. The van der Waals surface area contributed by atoms with Crippen LogP contribution in [-0.4, -0.2) is 32.4 Å². The molecule has 0 saturated heterocycles. The van der Waals surface area contributed by atoms with Crippen LogP contribution in [0.4, 0.5) is 0 Å². The zero-order valence-electron chi connectivity index (χ0n) is 8.52. The summed E-state index contributed by atoms with van der Waals surface area (Å²) in [7, 11) is 2.87. The van der Waals surface area contributed by atoms with Crippen molar-refractivity contribution in [3.05, 3.63) is 17.7 Å². The van der Waals surface area contributed by atoms with E-state index in [-0.39, 0.29) is 0 Å². The molecule has 0 saturated carbocycles. The Hall–Kier alpha value is -1.75. The normalized spacial score (nSPS) is 9.53. The molecular formula is C10H12O5. The topological polar surface area (TPSA) is 65.0 Å². The minimum atomic E-state index is -0.452. The number of benzene rings is 1. The van der Waals surface area contributed by atoms with Crippen molar-refractivity contribution >= 4 is 6.29 Å². The van der Waals surface area contributed by atoms with E-state index in [1.165, 1.54) is 26.4 Å². The summed E-state index contributed by atoms with van der Waals surface area (Å²) < 4.78 is 14.9. The number of carbonyl (C=O) groups is 1. The van der Waals surface area contributed by atoms with E-state index in [2.05, 4.69) is 0 Å². The second-order valence-electron chi connectivity index (χ2n) is 2.63. The van der Waals surface area contributed by atoms with Crippen LogP contribution in [0.1, 0.15) is 10.4 Å². The molecule has 15 heavy (non-hydrogen) atoms. The molecule has 0 atom stereocenters. The number of carbonyl (C=O) groups excluding carboxylic acids is 1. The fraction of sp³-hybridized carbons (Fsp3) is 0.300. The molecule has 82 valence electrons. The van der Waals surface area contributed by atoms with Crippen LogP contribution >= 0.6 is 0 Å². The maximum absolute atomic E-state index is 10.8. The first-order chi connectivity index (χ1) is 7.26. The number of rotatable bonds is 5. The number of aliphatic hydroxyl groups excluding tert-OH is 1. The van der Waals surface area contributed by atoms with Crippen molar-refractivity contribution in [1.82, 2.24) is 0 Å². The van der Waals surface area contributed by atoms with Crippen LogP contribution in [0, 0.1) is 0 Å². The molecule has 0 unspecified atom stereocenters. The Morgan fingerprint density at radius 2 is 1.80 bits per heavy atom. The SMILES string of the molecule is COc1cc(OCO)cc(OC)c1C=O. The lowest BCUT2D eigenvalue weighted by Crippen LogP contribution is -1.99. The van der Waals surface area contributed by atoms with Crippen molar-refractivity contribution < 1.29 is 24.1 Å². The molecule has 0 spiro atoms. The quantitative estimate of drug-likeness (QED) is 0.579. The van der Waals surface area contributed by atoms with Crippen LogP contribution in [-0.2, 0) is 0 Å². The summed E-state index contributed by atoms with van der Waals surface area (Å²) in [6.45, 7) is -0.452. The Balaban J connectivity index is 3.22. The van der Waals surface area contributed by atoms with Gasteiger partial charge in [-0.1, -0.05) is 0 Å². The predicted molar refractivity (Wildman–Crippen MR) is 52.6 cm³/mol. The molecule has 0 fully saturated rings. The first-order valence-corrected chi connectivity index (χ1v) is 4.21. The highest BCUT2D eigenvalue weighted by molar-refractivity contribution is 5.84. The maximum Gasteiger partial charge on any atom is 0.186 e. The monoisotopic (exact) mass is 212 g/mol. The van der Waals surface area contributed by atoms with Crippen LogP contribution in [0.25, 0.3) is 0 Å². The summed E-state index contributed by atoms with van der Waals surface area (Å²) in [5, 5.41) is 8.60. The van der Waals surface area contributed by atoms with Crippen LogP contribution in [0.5, 0.6) is 17.2 Å². The molecule has 0 aliphatic rings. The minimum Gasteiger partial charge on any atom is -0.496 e. The van der Waals surface area contributed by atoms with Gasteiger partial charge in [-0.05, 0) is 0 Å². The van der Waals surface area contributed by atoms with Crippen molar-refractivity contribution in [3.8, 4) is 17.2 Å². The summed E-state index contributed by atoms with van der Waals surface area (Å²) in [6.07, 6.45) is 0.639. The third-order valence-electron chi connectivity index (χ3n) is 1.87. The average Bonchev–Trinajstić information content (AvgIpc) is 2.28. The molecule has 0 aliphatic heterocycles. The highest BCUT2D eigenvalue weighted by atomic mass is 16.6. The van der Waals surface area contributed by atoms with Gasteiger partial charge >= 0.3 is 0 Å². The van der Waals surface area contributed by atoms with Crippen molar-refractivity contribution in [1.29, 1.82) is 0 Å². The van der Waals surface area contributed by atoms with E-state index >= 15 is 0 Å². The lowest BCUT2D eigenvalue weighted by molar-refractivity contribution is 0.0980. The van der Waals surface area contributed by atoms with Gasteiger partial charge in [0.25, 0.3) is 0 Å². The molecule has 0 radical (unpaired) electrons. The lowest BCUT2D eigenvalue weighted by atomic mass is 10.2. The predicted octanol–water partition coefficient (Wildman–Crippen LogP) is 0.845. The highest BCUT2D eigenvalue weighted by Gasteiger charge is 2.12. The third-order valence-corrected chi connectivity index (χ3v) is 1.87. The van der Waals surface area contributed by atoms with E-state index in [0.717, 1.165) is 0 Å². The summed E-state index contributed by atoms with van der Waals surface area (Å²) in [6, 6.07) is 3.00. The number of hydrogen-bond acceptors (Lipinski definition) is 5. The van der Waals surface area contributed by atoms with Gasteiger partial charge in [0.05, 0.1) is 19.8 Å². The van der Waals surface area contributed by atoms with Crippen molar-refractivity contribution in [2.24, 2.45) is 0 Å². The Morgan fingerprint density at radius 3 is 2.13 bits per heavy atom. The molecule has 1 rings (SSSR count). The smallest absolute Gasteiger partial charge is 0.186 e. The Labute approximate surface area is 87.2 Å². The van der Waals surface area contributed by atoms with Crippen molar-refractivity contribution in [2.45, 2.75) is 0 Å². The second kappa shape index (κ2) is 5.21. The maximum atomic E-state index is 10.8. The molecule has 1 aromatic rings. The van der Waals surface area contributed by atoms with Gasteiger partial charge in [0.1, 0.15) is 17.2 Å². The Morgan fingerprint density at radius 1 is 1.27 bits per heavy atom. The van der Waals surface area contributed by atoms with Gasteiger partial charge < -0.3 is 19.3 Å². The second-order valence-corrected chi connectivity index (χ2v) is 2.63. The van der Waals surface area contributed by atoms with Gasteiger partial charge in [0, 0.05) is 12.1 Å². The van der Waals surface area contributed by atoms with Crippen LogP contribution < -0.4 is 14.2 Å². The molecule has 0 heterocycles. The molecule has 5 heteroatoms. The number of ether oxygens (including phenoxy) is 3. The van der Waals surface area contributed by atoms with Crippen molar-refractivity contribution in [2.75, 3.05) is 21.0 Å². The molecule has 0 amide bonds. The molecular weight excluding hydrogens is 200 g/mol. The largest absolute Gasteiger partial charge is 0.496 e. The first kappa shape index (κ1) is 11.3. The number of hydrogen-bond donors (Lipinski definition) is 1. The van der Waals surface area contributed by atoms with Gasteiger partial charge in [0.2, 0.25) is 0 Å². The average molecular weight is 212 g/mol. The van der Waals surface area contributed by atoms with Gasteiger partial charge in [-0.15, -0.1) is 0 Å². The molecule has 5 nitrogen and oxygen atoms in total. The van der Waals surface area contributed by atoms with E-state index in [1.807, 2.05) is 0 Å². The Kier molecular flexibility index (Phi) is 3.93. The summed E-state index contributed by atoms with van der Waals surface area (Å²) >= 11 is 0. The number of aliphatic hydroxyl groups is 1. The van der Waals surface area contributed by atoms with Crippen LogP contribution in [0.15, 0.2) is 12.1 Å². The number of methoxy groups -OCH3 is 2. The van der Waals surface area contributed by atoms with E-state index in [0.29, 0.717) is 29.1 Å². The van der Waals surface area contributed by atoms with E-state index in [1.54, 1.807) is 0 Å². The van der Waals surface area contributed by atoms with Gasteiger partial charge in [0.15, 0.2) is 13.1 Å². The summed E-state index contributed by atoms with van der Waals surface area (Å²) in [5.74, 6) is 1.05. The summed E-state index contributed by atoms with van der Waals surface area (Å²) in [4.78, 5) is 10.8. The minimum absolute atomic E-state index is 0.310. The van der Waals surface area contributed by atoms with Crippen molar-refractivity contribution in [3.63, 3.8) is 0 Å². The molecule has 0 aromatic heterocycles. The van der Waals surface area contributed by atoms with Gasteiger partial charge in [-0.3, -0.25) is 4.79 Å². The van der Waals surface area contributed by atoms with Crippen LogP contribution in [0.3, 0.4) is 0 Å². The molecule has 1 N–H and O–H groups in total. The van der Waals surface area contributed by atoms with E-state index in [9.17, 15) is 4.79 Å². The highest BCUT2D eigenvalue weighted by Crippen LogP contribution is 2.32. The Bertz CT molecular complexity index is 323. The van der Waals surface area contributed by atoms with Gasteiger partial charge in [-0.2, -0.15) is 0 Å². The van der Waals surface area contributed by atoms with Gasteiger partial charge in [-0.25, -0.2) is 0 Å². The fourth-order valence-electron chi connectivity index (χ4n) is 1.19. The standard InChI is InChI=1S/C10H12O5/c1-13-9-3-7(15-6-12)4-10(14-2)8(9)5-11/h3-5,12H,6H2,1-2H3. The molecule has 1 aromatic carbocycles. The molecule has 0 aliphatic carbocycles. The van der Waals surface area contributed by atoms with E-state index in [4.69, 9.17) is 19.3 Å². The third kappa shape index (κ3) is 2.38. The van der Waals surface area contributed by atoms with E-state index < -0.39 is 6.79 Å². The lowest BCUT2D eigenvalue weighted by Gasteiger charge is -2.11. The molecule has 0 bridgehead atoms.